The van der Waals surface area contributed by atoms with Gasteiger partial charge in [0.05, 0.1) is 12.2 Å². The van der Waals surface area contributed by atoms with Gasteiger partial charge in [0.25, 0.3) is 5.91 Å². The highest BCUT2D eigenvalue weighted by Crippen LogP contribution is 2.31. The summed E-state index contributed by atoms with van der Waals surface area (Å²) in [6, 6.07) is 0.372. The van der Waals surface area contributed by atoms with Crippen LogP contribution >= 0.6 is 11.3 Å². The summed E-state index contributed by atoms with van der Waals surface area (Å²) in [5, 5.41) is 1.02. The van der Waals surface area contributed by atoms with Gasteiger partial charge in [0, 0.05) is 0 Å². The average molecular weight is 225 g/mol. The molecule has 0 saturated carbocycles. The van der Waals surface area contributed by atoms with Gasteiger partial charge in [-0.25, -0.2) is 4.98 Å². The Morgan fingerprint density at radius 2 is 2.47 bits per heavy atom. The summed E-state index contributed by atoms with van der Waals surface area (Å²) in [7, 11) is 2.11. The van der Waals surface area contributed by atoms with Gasteiger partial charge < -0.3 is 5.73 Å². The number of piperidine rings is 1. The third-order valence-corrected chi connectivity index (χ3v) is 3.94. The van der Waals surface area contributed by atoms with Gasteiger partial charge in [-0.1, -0.05) is 6.42 Å². The van der Waals surface area contributed by atoms with E-state index in [1.807, 2.05) is 0 Å². The van der Waals surface area contributed by atoms with Gasteiger partial charge in [-0.2, -0.15) is 0 Å². The molecular weight excluding hydrogens is 210 g/mol. The SMILES string of the molecule is CN1CCCC[C@H]1c1ncc(C(N)=O)s1. The van der Waals surface area contributed by atoms with Crippen molar-refractivity contribution in [3.8, 4) is 0 Å². The molecule has 1 aromatic heterocycles. The molecule has 15 heavy (non-hydrogen) atoms. The van der Waals surface area contributed by atoms with Crippen LogP contribution in [0.1, 0.15) is 40.0 Å². The second kappa shape index (κ2) is 4.28. The van der Waals surface area contributed by atoms with E-state index in [0.29, 0.717) is 10.9 Å². The molecule has 0 spiro atoms. The van der Waals surface area contributed by atoms with Crippen molar-refractivity contribution in [2.75, 3.05) is 13.6 Å². The zero-order valence-electron chi connectivity index (χ0n) is 8.77. The number of aromatic nitrogens is 1. The number of hydrogen-bond donors (Lipinski definition) is 1. The van der Waals surface area contributed by atoms with Crippen LogP contribution in [0.15, 0.2) is 6.20 Å². The van der Waals surface area contributed by atoms with Gasteiger partial charge in [0.2, 0.25) is 0 Å². The maximum absolute atomic E-state index is 11.0. The number of amides is 1. The second-order valence-electron chi connectivity index (χ2n) is 3.92. The first kappa shape index (κ1) is 10.6. The molecule has 2 N–H and O–H groups in total. The lowest BCUT2D eigenvalue weighted by Gasteiger charge is -2.30. The van der Waals surface area contributed by atoms with Gasteiger partial charge in [-0.05, 0) is 26.4 Å². The third kappa shape index (κ3) is 2.18. The van der Waals surface area contributed by atoms with Gasteiger partial charge in [-0.15, -0.1) is 11.3 Å². The average Bonchev–Trinajstić information content (AvgIpc) is 2.67. The Labute approximate surface area is 93.1 Å². The zero-order valence-corrected chi connectivity index (χ0v) is 9.59. The summed E-state index contributed by atoms with van der Waals surface area (Å²) in [5.74, 6) is -0.378. The molecule has 1 amide bonds. The summed E-state index contributed by atoms with van der Waals surface area (Å²) in [5.41, 5.74) is 5.21. The van der Waals surface area contributed by atoms with E-state index in [9.17, 15) is 4.79 Å². The number of rotatable bonds is 2. The van der Waals surface area contributed by atoms with E-state index in [1.54, 1.807) is 6.20 Å². The molecule has 5 heteroatoms. The van der Waals surface area contributed by atoms with Gasteiger partial charge in [-0.3, -0.25) is 9.69 Å². The third-order valence-electron chi connectivity index (χ3n) is 2.82. The summed E-state index contributed by atoms with van der Waals surface area (Å²) in [6.07, 6.45) is 5.20. The molecule has 0 unspecified atom stereocenters. The van der Waals surface area contributed by atoms with Crippen LogP contribution < -0.4 is 5.73 Å². The van der Waals surface area contributed by atoms with Crippen LogP contribution in [0.3, 0.4) is 0 Å². The van der Waals surface area contributed by atoms with Crippen LogP contribution in [0.5, 0.6) is 0 Å². The number of thiazole rings is 1. The highest BCUT2D eigenvalue weighted by atomic mass is 32.1. The molecule has 82 valence electrons. The van der Waals surface area contributed by atoms with Crippen molar-refractivity contribution in [2.24, 2.45) is 5.73 Å². The molecule has 1 aromatic rings. The Hall–Kier alpha value is -0.940. The minimum atomic E-state index is -0.378. The van der Waals surface area contributed by atoms with Crippen LogP contribution in [0.4, 0.5) is 0 Å². The summed E-state index contributed by atoms with van der Waals surface area (Å²) in [6.45, 7) is 1.11. The predicted molar refractivity (Wildman–Crippen MR) is 59.9 cm³/mol. The van der Waals surface area contributed by atoms with Crippen LogP contribution in [-0.2, 0) is 0 Å². The van der Waals surface area contributed by atoms with E-state index in [-0.39, 0.29) is 5.91 Å². The number of nitrogens with two attached hydrogens (primary N) is 1. The second-order valence-corrected chi connectivity index (χ2v) is 4.98. The van der Waals surface area contributed by atoms with Crippen LogP contribution in [-0.4, -0.2) is 29.4 Å². The number of nitrogens with zero attached hydrogens (tertiary/aromatic N) is 2. The first-order valence-corrected chi connectivity index (χ1v) is 5.96. The molecule has 4 nitrogen and oxygen atoms in total. The Balaban J connectivity index is 2.17. The Bertz CT molecular complexity index is 363. The van der Waals surface area contributed by atoms with Gasteiger partial charge in [0.1, 0.15) is 9.88 Å². The van der Waals surface area contributed by atoms with Gasteiger partial charge in [0.15, 0.2) is 0 Å². The summed E-state index contributed by atoms with van der Waals surface area (Å²) >= 11 is 1.42. The fourth-order valence-corrected chi connectivity index (χ4v) is 2.91. The lowest BCUT2D eigenvalue weighted by molar-refractivity contribution is 0.100. The van der Waals surface area contributed by atoms with E-state index in [2.05, 4.69) is 16.9 Å². The molecule has 2 rings (SSSR count). The largest absolute Gasteiger partial charge is 0.365 e. The van der Waals surface area contributed by atoms with Crippen molar-refractivity contribution in [3.63, 3.8) is 0 Å². The molecule has 1 atom stereocenters. The number of likely N-dealkylation sites (tertiary alicyclic amines) is 1. The monoisotopic (exact) mass is 225 g/mol. The molecule has 2 heterocycles. The van der Waals surface area contributed by atoms with Crippen LogP contribution in [0.2, 0.25) is 0 Å². The van der Waals surface area contributed by atoms with E-state index in [1.165, 1.54) is 24.2 Å². The van der Waals surface area contributed by atoms with E-state index >= 15 is 0 Å². The molecule has 1 saturated heterocycles. The van der Waals surface area contributed by atoms with Crippen molar-refractivity contribution in [1.82, 2.24) is 9.88 Å². The Kier molecular flexibility index (Phi) is 3.02. The minimum absolute atomic E-state index is 0.372. The quantitative estimate of drug-likeness (QED) is 0.827. The molecule has 0 aliphatic carbocycles. The normalized spacial score (nSPS) is 22.9. The smallest absolute Gasteiger partial charge is 0.260 e. The standard InChI is InChI=1S/C10H15N3OS/c1-13-5-3-2-4-7(13)10-12-6-8(15-10)9(11)14/h6-7H,2-5H2,1H3,(H2,11,14)/t7-/m0/s1. The lowest BCUT2D eigenvalue weighted by Crippen LogP contribution is -2.29. The fourth-order valence-electron chi connectivity index (χ4n) is 1.94. The molecule has 1 fully saturated rings. The first-order chi connectivity index (χ1) is 7.18. The topological polar surface area (TPSA) is 59.2 Å². The van der Waals surface area contributed by atoms with E-state index in [0.717, 1.165) is 18.0 Å². The van der Waals surface area contributed by atoms with Crippen LogP contribution in [0.25, 0.3) is 0 Å². The zero-order chi connectivity index (χ0) is 10.8. The summed E-state index contributed by atoms with van der Waals surface area (Å²) < 4.78 is 0. The van der Waals surface area contributed by atoms with E-state index in [4.69, 9.17) is 5.73 Å². The summed E-state index contributed by atoms with van der Waals surface area (Å²) in [4.78, 5) is 18.1. The first-order valence-electron chi connectivity index (χ1n) is 5.14. The highest BCUT2D eigenvalue weighted by molar-refractivity contribution is 7.13. The van der Waals surface area contributed by atoms with Crippen molar-refractivity contribution in [2.45, 2.75) is 25.3 Å². The van der Waals surface area contributed by atoms with E-state index < -0.39 is 0 Å². The maximum Gasteiger partial charge on any atom is 0.260 e. The number of carbonyl (C=O) groups excluding carboxylic acids is 1. The molecule has 0 radical (unpaired) electrons. The Morgan fingerprint density at radius 3 is 3.07 bits per heavy atom. The van der Waals surface area contributed by atoms with Gasteiger partial charge >= 0.3 is 0 Å². The molecule has 0 aromatic carbocycles. The predicted octanol–water partition coefficient (Wildman–Crippen LogP) is 1.40. The molecular formula is C10H15N3OS. The number of hydrogen-bond acceptors (Lipinski definition) is 4. The Morgan fingerprint density at radius 1 is 1.67 bits per heavy atom. The van der Waals surface area contributed by atoms with Crippen molar-refractivity contribution in [1.29, 1.82) is 0 Å². The van der Waals surface area contributed by atoms with Crippen LogP contribution in [0, 0.1) is 0 Å². The minimum Gasteiger partial charge on any atom is -0.365 e. The van der Waals surface area contributed by atoms with Crippen molar-refractivity contribution >= 4 is 17.2 Å². The van der Waals surface area contributed by atoms with Crippen molar-refractivity contribution < 1.29 is 4.79 Å². The maximum atomic E-state index is 11.0. The van der Waals surface area contributed by atoms with Crippen molar-refractivity contribution in [3.05, 3.63) is 16.1 Å². The molecule has 1 aliphatic heterocycles. The molecule has 0 bridgehead atoms. The lowest BCUT2D eigenvalue weighted by atomic mass is 10.0. The number of primary amides is 1. The number of carbonyl (C=O) groups is 1. The molecule has 1 aliphatic rings. The highest BCUT2D eigenvalue weighted by Gasteiger charge is 2.23. The fraction of sp³-hybridized carbons (Fsp3) is 0.600.